The summed E-state index contributed by atoms with van der Waals surface area (Å²) in [7, 11) is 0. The molecule has 0 aliphatic carbocycles. The zero-order chi connectivity index (χ0) is 25.4. The van der Waals surface area contributed by atoms with E-state index in [-0.39, 0.29) is 16.8 Å². The number of thiazole rings is 1. The standard InChI is InChI=1S/C25H19N5O5S/c26-14-7-10-17-16(12-14)23(32)30(25(35)29-17)15-8-5-13(6-9-15)11-19(24(33)34)27-21(31)22-28-18-3-1-2-4-20(18)36-22/h1-10,12,19H,11,26H2,(H,27,31)(H,29,35)(H,33,34). The Morgan fingerprint density at radius 1 is 1.08 bits per heavy atom. The maximum atomic E-state index is 12.9. The molecule has 1 unspecified atom stereocenters. The summed E-state index contributed by atoms with van der Waals surface area (Å²) in [6, 6.07) is 17.0. The number of nitrogens with zero attached hydrogens (tertiary/aromatic N) is 2. The van der Waals surface area contributed by atoms with E-state index in [2.05, 4.69) is 15.3 Å². The first kappa shape index (κ1) is 23.0. The van der Waals surface area contributed by atoms with Gasteiger partial charge in [-0.1, -0.05) is 24.3 Å². The van der Waals surface area contributed by atoms with Gasteiger partial charge in [0.05, 0.1) is 26.8 Å². The van der Waals surface area contributed by atoms with E-state index in [1.807, 2.05) is 18.2 Å². The number of para-hydroxylation sites is 1. The van der Waals surface area contributed by atoms with Gasteiger partial charge in [-0.2, -0.15) is 0 Å². The van der Waals surface area contributed by atoms with Crippen molar-refractivity contribution in [3.05, 3.63) is 98.1 Å². The Morgan fingerprint density at radius 3 is 2.56 bits per heavy atom. The van der Waals surface area contributed by atoms with Crippen LogP contribution in [0.5, 0.6) is 0 Å². The third-order valence-electron chi connectivity index (χ3n) is 5.65. The van der Waals surface area contributed by atoms with Crippen molar-refractivity contribution < 1.29 is 14.7 Å². The van der Waals surface area contributed by atoms with E-state index >= 15 is 0 Å². The Bertz CT molecular complexity index is 1720. The Morgan fingerprint density at radius 2 is 1.83 bits per heavy atom. The monoisotopic (exact) mass is 501 g/mol. The Labute approximate surface area is 206 Å². The highest BCUT2D eigenvalue weighted by molar-refractivity contribution is 7.20. The molecule has 3 aromatic carbocycles. The molecule has 2 aromatic heterocycles. The smallest absolute Gasteiger partial charge is 0.333 e. The first-order chi connectivity index (χ1) is 17.3. The van der Waals surface area contributed by atoms with Gasteiger partial charge in [0, 0.05) is 12.1 Å². The molecule has 0 aliphatic heterocycles. The minimum absolute atomic E-state index is 0.00818. The minimum atomic E-state index is -1.20. The van der Waals surface area contributed by atoms with Crippen molar-refractivity contribution in [3.63, 3.8) is 0 Å². The third-order valence-corrected chi connectivity index (χ3v) is 6.68. The highest BCUT2D eigenvalue weighted by Crippen LogP contribution is 2.21. The molecule has 1 amide bonds. The first-order valence-electron chi connectivity index (χ1n) is 10.8. The topological polar surface area (TPSA) is 160 Å². The molecule has 0 bridgehead atoms. The van der Waals surface area contributed by atoms with E-state index in [4.69, 9.17) is 5.73 Å². The number of nitrogen functional groups attached to an aromatic ring is 1. The predicted molar refractivity (Wildman–Crippen MR) is 137 cm³/mol. The molecule has 0 fully saturated rings. The molecule has 5 aromatic rings. The maximum absolute atomic E-state index is 12.9. The maximum Gasteiger partial charge on any atom is 0.333 e. The van der Waals surface area contributed by atoms with Crippen LogP contribution in [0, 0.1) is 0 Å². The van der Waals surface area contributed by atoms with Crippen LogP contribution in [0.3, 0.4) is 0 Å². The summed E-state index contributed by atoms with van der Waals surface area (Å²) < 4.78 is 1.81. The van der Waals surface area contributed by atoms with Crippen LogP contribution in [0.15, 0.2) is 76.3 Å². The molecule has 5 rings (SSSR count). The number of aliphatic carboxylic acids is 1. The average Bonchev–Trinajstić information content (AvgIpc) is 3.30. The van der Waals surface area contributed by atoms with E-state index in [1.165, 1.54) is 17.4 Å². The van der Waals surface area contributed by atoms with Gasteiger partial charge in [-0.05, 0) is 48.0 Å². The molecule has 0 aliphatic rings. The number of carboxylic acid groups (broad SMARTS) is 1. The number of H-pyrrole nitrogens is 1. The summed E-state index contributed by atoms with van der Waals surface area (Å²) in [6.07, 6.45) is -0.00818. The molecule has 0 saturated heterocycles. The molecule has 180 valence electrons. The van der Waals surface area contributed by atoms with Crippen molar-refractivity contribution in [3.8, 4) is 5.69 Å². The van der Waals surface area contributed by atoms with Crippen molar-refractivity contribution in [1.82, 2.24) is 19.9 Å². The quantitative estimate of drug-likeness (QED) is 0.260. The molecular weight excluding hydrogens is 482 g/mol. The number of rotatable bonds is 6. The van der Waals surface area contributed by atoms with E-state index in [1.54, 1.807) is 42.5 Å². The van der Waals surface area contributed by atoms with Gasteiger partial charge < -0.3 is 21.1 Å². The lowest BCUT2D eigenvalue weighted by atomic mass is 10.1. The summed E-state index contributed by atoms with van der Waals surface area (Å²) in [5.74, 6) is -1.78. The van der Waals surface area contributed by atoms with Crippen LogP contribution in [-0.2, 0) is 11.2 Å². The summed E-state index contributed by atoms with van der Waals surface area (Å²) in [4.78, 5) is 56.9. The lowest BCUT2D eigenvalue weighted by molar-refractivity contribution is -0.139. The van der Waals surface area contributed by atoms with Gasteiger partial charge in [-0.15, -0.1) is 11.3 Å². The Balaban J connectivity index is 1.38. The zero-order valence-electron chi connectivity index (χ0n) is 18.6. The van der Waals surface area contributed by atoms with Gasteiger partial charge in [-0.3, -0.25) is 9.59 Å². The molecule has 36 heavy (non-hydrogen) atoms. The molecule has 2 heterocycles. The minimum Gasteiger partial charge on any atom is -0.480 e. The number of carbonyl (C=O) groups excluding carboxylic acids is 1. The number of nitrogens with one attached hydrogen (secondary N) is 2. The summed E-state index contributed by atoms with van der Waals surface area (Å²) in [6.45, 7) is 0. The number of aromatic amines is 1. The van der Waals surface area contributed by atoms with Crippen molar-refractivity contribution in [2.75, 3.05) is 5.73 Å². The van der Waals surface area contributed by atoms with Crippen LogP contribution in [0.2, 0.25) is 0 Å². The molecular formula is C25H19N5O5S. The van der Waals surface area contributed by atoms with Gasteiger partial charge in [0.1, 0.15) is 6.04 Å². The number of nitrogens with two attached hydrogens (primary N) is 1. The fourth-order valence-electron chi connectivity index (χ4n) is 3.87. The normalized spacial score (nSPS) is 12.0. The van der Waals surface area contributed by atoms with E-state index in [0.29, 0.717) is 28.0 Å². The average molecular weight is 502 g/mol. The van der Waals surface area contributed by atoms with Gasteiger partial charge in [0.2, 0.25) is 0 Å². The summed E-state index contributed by atoms with van der Waals surface area (Å²) in [5.41, 5.74) is 6.96. The van der Waals surface area contributed by atoms with Crippen LogP contribution in [-0.4, -0.2) is 37.6 Å². The van der Waals surface area contributed by atoms with Gasteiger partial charge in [0.25, 0.3) is 11.5 Å². The number of fused-ring (bicyclic) bond motifs is 2. The predicted octanol–water partition coefficient (Wildman–Crippen LogP) is 2.30. The highest BCUT2D eigenvalue weighted by Gasteiger charge is 2.23. The van der Waals surface area contributed by atoms with E-state index < -0.39 is 29.2 Å². The fourth-order valence-corrected chi connectivity index (χ4v) is 4.74. The fraction of sp³-hybridized carbons (Fsp3) is 0.0800. The second-order valence-electron chi connectivity index (χ2n) is 8.10. The SMILES string of the molecule is Nc1ccc2[nH]c(=O)n(-c3ccc(CC(NC(=O)c4nc5ccccc5s4)C(=O)O)cc3)c(=O)c2c1. The lowest BCUT2D eigenvalue weighted by Crippen LogP contribution is -2.42. The number of aromatic nitrogens is 3. The number of anilines is 1. The molecule has 0 saturated carbocycles. The van der Waals surface area contributed by atoms with Crippen molar-refractivity contribution in [1.29, 1.82) is 0 Å². The summed E-state index contributed by atoms with van der Waals surface area (Å²) in [5, 5.41) is 12.6. The molecule has 5 N–H and O–H groups in total. The lowest BCUT2D eigenvalue weighted by Gasteiger charge is -2.14. The zero-order valence-corrected chi connectivity index (χ0v) is 19.4. The van der Waals surface area contributed by atoms with Crippen molar-refractivity contribution in [2.24, 2.45) is 0 Å². The Hall–Kier alpha value is -4.77. The number of benzene rings is 3. The van der Waals surface area contributed by atoms with Gasteiger partial charge >= 0.3 is 11.7 Å². The van der Waals surface area contributed by atoms with Crippen LogP contribution in [0.1, 0.15) is 15.4 Å². The van der Waals surface area contributed by atoms with Crippen LogP contribution < -0.4 is 22.3 Å². The Kier molecular flexibility index (Phi) is 5.82. The number of hydrogen-bond donors (Lipinski definition) is 4. The summed E-state index contributed by atoms with van der Waals surface area (Å²) >= 11 is 1.18. The highest BCUT2D eigenvalue weighted by atomic mass is 32.1. The number of carbonyl (C=O) groups is 2. The molecule has 0 radical (unpaired) electrons. The molecule has 10 nitrogen and oxygen atoms in total. The largest absolute Gasteiger partial charge is 0.480 e. The van der Waals surface area contributed by atoms with Gasteiger partial charge in [-0.25, -0.2) is 19.1 Å². The van der Waals surface area contributed by atoms with Crippen LogP contribution in [0.25, 0.3) is 26.8 Å². The van der Waals surface area contributed by atoms with E-state index in [9.17, 15) is 24.3 Å². The number of carboxylic acids is 1. The molecule has 1 atom stereocenters. The number of amides is 1. The van der Waals surface area contributed by atoms with Crippen molar-refractivity contribution in [2.45, 2.75) is 12.5 Å². The van der Waals surface area contributed by atoms with Crippen molar-refractivity contribution >= 4 is 50.0 Å². The second-order valence-corrected chi connectivity index (χ2v) is 9.13. The molecule has 0 spiro atoms. The third kappa shape index (κ3) is 4.34. The van der Waals surface area contributed by atoms with Crippen LogP contribution >= 0.6 is 11.3 Å². The molecule has 11 heteroatoms. The number of hydrogen-bond acceptors (Lipinski definition) is 7. The van der Waals surface area contributed by atoms with Crippen LogP contribution in [0.4, 0.5) is 5.69 Å². The first-order valence-corrected chi connectivity index (χ1v) is 11.6. The van der Waals surface area contributed by atoms with E-state index in [0.717, 1.165) is 9.27 Å². The second kappa shape index (κ2) is 9.12. The van der Waals surface area contributed by atoms with Gasteiger partial charge in [0.15, 0.2) is 5.01 Å².